The van der Waals surface area contributed by atoms with E-state index in [2.05, 4.69) is 0 Å². The third-order valence-corrected chi connectivity index (χ3v) is 3.48. The summed E-state index contributed by atoms with van der Waals surface area (Å²) in [6, 6.07) is 4.10. The molecule has 1 fully saturated rings. The average Bonchev–Trinajstić information content (AvgIpc) is 2.35. The molecule has 1 aromatic carbocycles. The molecule has 18 heavy (non-hydrogen) atoms. The Balaban J connectivity index is 2.34. The molecule has 0 spiro atoms. The number of benzene rings is 1. The zero-order valence-electron chi connectivity index (χ0n) is 9.60. The minimum Gasteiger partial charge on any atom is -0.480 e. The Morgan fingerprint density at radius 3 is 2.61 bits per heavy atom. The molecule has 1 atom stereocenters. The van der Waals surface area contributed by atoms with Gasteiger partial charge in [0.2, 0.25) is 0 Å². The molecule has 0 aromatic heterocycles. The van der Waals surface area contributed by atoms with Crippen LogP contribution in [-0.4, -0.2) is 42.3 Å². The lowest BCUT2D eigenvalue weighted by Crippen LogP contribution is -2.42. The van der Waals surface area contributed by atoms with Crippen molar-refractivity contribution in [2.75, 3.05) is 26.3 Å². The van der Waals surface area contributed by atoms with Crippen LogP contribution in [0.2, 0.25) is 10.0 Å². The molecule has 0 aliphatic carbocycles. The summed E-state index contributed by atoms with van der Waals surface area (Å²) in [5, 5.41) is 10.3. The zero-order chi connectivity index (χ0) is 13.1. The molecule has 6 heteroatoms. The van der Waals surface area contributed by atoms with E-state index in [0.29, 0.717) is 41.9 Å². The second-order valence-corrected chi connectivity index (χ2v) is 4.90. The largest absolute Gasteiger partial charge is 0.480 e. The first kappa shape index (κ1) is 13.6. The van der Waals surface area contributed by atoms with E-state index < -0.39 is 12.0 Å². The maximum atomic E-state index is 11.5. The predicted octanol–water partition coefficient (Wildman–Crippen LogP) is 2.45. The fraction of sp³-hybridized carbons (Fsp3) is 0.417. The molecule has 2 rings (SSSR count). The highest BCUT2D eigenvalue weighted by molar-refractivity contribution is 6.33. The van der Waals surface area contributed by atoms with Crippen LogP contribution in [0.3, 0.4) is 0 Å². The van der Waals surface area contributed by atoms with Crippen LogP contribution in [0.5, 0.6) is 0 Å². The summed E-state index contributed by atoms with van der Waals surface area (Å²) < 4.78 is 5.23. The first-order valence-corrected chi connectivity index (χ1v) is 6.35. The number of morpholine rings is 1. The Morgan fingerprint density at radius 1 is 1.33 bits per heavy atom. The van der Waals surface area contributed by atoms with Crippen molar-refractivity contribution in [1.82, 2.24) is 4.90 Å². The lowest BCUT2D eigenvalue weighted by molar-refractivity contribution is -0.145. The van der Waals surface area contributed by atoms with Gasteiger partial charge in [-0.15, -0.1) is 0 Å². The Morgan fingerprint density at radius 2 is 2.00 bits per heavy atom. The van der Waals surface area contributed by atoms with Crippen LogP contribution >= 0.6 is 23.2 Å². The number of ether oxygens (including phenoxy) is 1. The van der Waals surface area contributed by atoms with E-state index in [4.69, 9.17) is 27.9 Å². The van der Waals surface area contributed by atoms with Crippen molar-refractivity contribution in [1.29, 1.82) is 0 Å². The monoisotopic (exact) mass is 289 g/mol. The number of carboxylic acid groups (broad SMARTS) is 1. The maximum absolute atomic E-state index is 11.5. The van der Waals surface area contributed by atoms with Crippen molar-refractivity contribution in [3.63, 3.8) is 0 Å². The van der Waals surface area contributed by atoms with E-state index in [1.54, 1.807) is 18.2 Å². The van der Waals surface area contributed by atoms with E-state index in [-0.39, 0.29) is 0 Å². The summed E-state index contributed by atoms with van der Waals surface area (Å²) in [6.07, 6.45) is 0. The van der Waals surface area contributed by atoms with Gasteiger partial charge in [-0.1, -0.05) is 23.2 Å². The molecule has 1 unspecified atom stereocenters. The maximum Gasteiger partial charge on any atom is 0.325 e. The van der Waals surface area contributed by atoms with Crippen molar-refractivity contribution in [2.24, 2.45) is 0 Å². The molecule has 0 saturated carbocycles. The number of hydrogen-bond acceptors (Lipinski definition) is 3. The Labute approximate surface area is 115 Å². The van der Waals surface area contributed by atoms with Gasteiger partial charge < -0.3 is 9.84 Å². The molecule has 1 aliphatic heterocycles. The van der Waals surface area contributed by atoms with Crippen LogP contribution in [0.25, 0.3) is 0 Å². The van der Waals surface area contributed by atoms with Gasteiger partial charge in [-0.3, -0.25) is 9.69 Å². The third-order valence-electron chi connectivity index (χ3n) is 2.90. The second kappa shape index (κ2) is 5.89. The topological polar surface area (TPSA) is 49.8 Å². The zero-order valence-corrected chi connectivity index (χ0v) is 11.1. The van der Waals surface area contributed by atoms with Crippen molar-refractivity contribution in [2.45, 2.75) is 6.04 Å². The van der Waals surface area contributed by atoms with Gasteiger partial charge in [0.05, 0.1) is 13.2 Å². The smallest absolute Gasteiger partial charge is 0.325 e. The van der Waals surface area contributed by atoms with E-state index in [9.17, 15) is 9.90 Å². The summed E-state index contributed by atoms with van der Waals surface area (Å²) in [5.41, 5.74) is 0.526. The molecule has 1 saturated heterocycles. The fourth-order valence-corrected chi connectivity index (χ4v) is 2.45. The van der Waals surface area contributed by atoms with Gasteiger partial charge in [0.25, 0.3) is 0 Å². The molecule has 98 valence electrons. The van der Waals surface area contributed by atoms with Gasteiger partial charge in [-0.05, 0) is 18.2 Å². The third kappa shape index (κ3) is 2.95. The summed E-state index contributed by atoms with van der Waals surface area (Å²) in [6.45, 7) is 2.20. The highest BCUT2D eigenvalue weighted by Gasteiger charge is 2.30. The quantitative estimate of drug-likeness (QED) is 0.929. The number of carboxylic acids is 1. The van der Waals surface area contributed by atoms with E-state index in [0.717, 1.165) is 0 Å². The van der Waals surface area contributed by atoms with Crippen molar-refractivity contribution < 1.29 is 14.6 Å². The normalized spacial score (nSPS) is 18.6. The van der Waals surface area contributed by atoms with Crippen LogP contribution < -0.4 is 0 Å². The van der Waals surface area contributed by atoms with Gasteiger partial charge >= 0.3 is 5.97 Å². The first-order valence-electron chi connectivity index (χ1n) is 5.59. The molecule has 0 radical (unpaired) electrons. The fourth-order valence-electron chi connectivity index (χ4n) is 2.05. The molecule has 0 bridgehead atoms. The molecule has 1 heterocycles. The number of hydrogen-bond donors (Lipinski definition) is 1. The molecular formula is C12H13Cl2NO3. The molecule has 4 nitrogen and oxygen atoms in total. The second-order valence-electron chi connectivity index (χ2n) is 4.05. The molecular weight excluding hydrogens is 277 g/mol. The predicted molar refractivity (Wildman–Crippen MR) is 69.2 cm³/mol. The number of nitrogens with zero attached hydrogens (tertiary/aromatic N) is 1. The standard InChI is InChI=1S/C12H13Cl2NO3/c13-8-1-2-10(14)9(7-8)11(12(16)17)15-3-5-18-6-4-15/h1-2,7,11H,3-6H2,(H,16,17). The number of rotatable bonds is 3. The van der Waals surface area contributed by atoms with Gasteiger partial charge in [0, 0.05) is 28.7 Å². The summed E-state index contributed by atoms with van der Waals surface area (Å²) >= 11 is 12.0. The summed E-state index contributed by atoms with van der Waals surface area (Å²) in [5.74, 6) is -0.930. The number of aliphatic carboxylic acids is 1. The molecule has 1 aromatic rings. The Hall–Kier alpha value is -0.810. The number of carbonyl (C=O) groups is 1. The van der Waals surface area contributed by atoms with Crippen LogP contribution in [-0.2, 0) is 9.53 Å². The Bertz CT molecular complexity index is 447. The highest BCUT2D eigenvalue weighted by atomic mass is 35.5. The van der Waals surface area contributed by atoms with E-state index in [1.807, 2.05) is 4.90 Å². The highest BCUT2D eigenvalue weighted by Crippen LogP contribution is 2.30. The van der Waals surface area contributed by atoms with Crippen LogP contribution in [0.4, 0.5) is 0 Å². The molecule has 1 aliphatic rings. The van der Waals surface area contributed by atoms with Crippen molar-refractivity contribution in [3.8, 4) is 0 Å². The SMILES string of the molecule is O=C(O)C(c1cc(Cl)ccc1Cl)N1CCOCC1. The van der Waals surface area contributed by atoms with Crippen LogP contribution in [0.15, 0.2) is 18.2 Å². The lowest BCUT2D eigenvalue weighted by Gasteiger charge is -2.32. The molecule has 0 amide bonds. The minimum atomic E-state index is -0.930. The van der Waals surface area contributed by atoms with E-state index in [1.165, 1.54) is 0 Å². The van der Waals surface area contributed by atoms with E-state index >= 15 is 0 Å². The van der Waals surface area contributed by atoms with Crippen LogP contribution in [0.1, 0.15) is 11.6 Å². The van der Waals surface area contributed by atoms with Crippen molar-refractivity contribution >= 4 is 29.2 Å². The lowest BCUT2D eigenvalue weighted by atomic mass is 10.0. The van der Waals surface area contributed by atoms with Gasteiger partial charge in [-0.2, -0.15) is 0 Å². The Kier molecular flexibility index (Phi) is 4.45. The van der Waals surface area contributed by atoms with Crippen LogP contribution in [0, 0.1) is 0 Å². The van der Waals surface area contributed by atoms with Crippen molar-refractivity contribution in [3.05, 3.63) is 33.8 Å². The first-order chi connectivity index (χ1) is 8.59. The van der Waals surface area contributed by atoms with Gasteiger partial charge in [-0.25, -0.2) is 0 Å². The summed E-state index contributed by atoms with van der Waals surface area (Å²) in [7, 11) is 0. The van der Waals surface area contributed by atoms with Gasteiger partial charge in [0.15, 0.2) is 0 Å². The average molecular weight is 290 g/mol. The minimum absolute atomic E-state index is 0.415. The van der Waals surface area contributed by atoms with Gasteiger partial charge in [0.1, 0.15) is 6.04 Å². The molecule has 1 N–H and O–H groups in total. The number of halogens is 2. The summed E-state index contributed by atoms with van der Waals surface area (Å²) in [4.78, 5) is 13.3.